The van der Waals surface area contributed by atoms with Crippen LogP contribution in [0.5, 0.6) is 5.75 Å². The molecule has 2 N–H and O–H groups in total. The first-order valence-electron chi connectivity index (χ1n) is 7.65. The van der Waals surface area contributed by atoms with Crippen LogP contribution in [0.25, 0.3) is 0 Å². The second-order valence-electron chi connectivity index (χ2n) is 5.40. The van der Waals surface area contributed by atoms with E-state index in [4.69, 9.17) is 16.3 Å². The first kappa shape index (κ1) is 15.7. The van der Waals surface area contributed by atoms with Crippen molar-refractivity contribution < 1.29 is 9.53 Å². The molecule has 1 aromatic heterocycles. The number of urea groups is 1. The number of amides is 2. The zero-order chi connectivity index (χ0) is 16.1. The van der Waals surface area contributed by atoms with E-state index in [1.165, 1.54) is 0 Å². The third kappa shape index (κ3) is 3.96. The van der Waals surface area contributed by atoms with Gasteiger partial charge in [0.05, 0.1) is 24.0 Å². The number of para-hydroxylation sites is 1. The molecule has 0 radical (unpaired) electrons. The number of carbonyl (C=O) groups excluding carboxylic acids is 1. The summed E-state index contributed by atoms with van der Waals surface area (Å²) < 4.78 is 7.62. The molecule has 0 bridgehead atoms. The lowest BCUT2D eigenvalue weighted by atomic mass is 10.0. The molecule has 6 nitrogen and oxygen atoms in total. The lowest BCUT2D eigenvalue weighted by Gasteiger charge is -2.19. The summed E-state index contributed by atoms with van der Waals surface area (Å²) in [4.78, 5) is 16.1. The van der Waals surface area contributed by atoms with E-state index in [2.05, 4.69) is 15.6 Å². The molecular weight excluding hydrogens is 316 g/mol. The smallest absolute Gasteiger partial charge is 0.315 e. The van der Waals surface area contributed by atoms with Crippen molar-refractivity contribution in [1.82, 2.24) is 20.2 Å². The average molecular weight is 335 g/mol. The summed E-state index contributed by atoms with van der Waals surface area (Å²) >= 11 is 6.20. The number of ether oxygens (including phenoxy) is 1. The summed E-state index contributed by atoms with van der Waals surface area (Å²) in [6, 6.07) is 5.33. The summed E-state index contributed by atoms with van der Waals surface area (Å²) in [6.45, 7) is 1.83. The Bertz CT molecular complexity index is 660. The second kappa shape index (κ2) is 7.37. The van der Waals surface area contributed by atoms with Crippen molar-refractivity contribution in [3.8, 4) is 5.75 Å². The number of aromatic nitrogens is 2. The van der Waals surface area contributed by atoms with Gasteiger partial charge in [-0.25, -0.2) is 9.78 Å². The van der Waals surface area contributed by atoms with Crippen molar-refractivity contribution in [2.24, 2.45) is 0 Å². The van der Waals surface area contributed by atoms with E-state index in [1.807, 2.05) is 22.9 Å². The molecule has 1 aliphatic heterocycles. The fraction of sp³-hybridized carbons (Fsp3) is 0.375. The number of hydrogen-bond donors (Lipinski definition) is 2. The van der Waals surface area contributed by atoms with Crippen molar-refractivity contribution in [3.63, 3.8) is 0 Å². The fourth-order valence-electron chi connectivity index (χ4n) is 2.65. The molecule has 7 heteroatoms. The number of benzene rings is 1. The molecule has 3 rings (SSSR count). The van der Waals surface area contributed by atoms with Crippen LogP contribution >= 0.6 is 11.6 Å². The van der Waals surface area contributed by atoms with Gasteiger partial charge in [-0.3, -0.25) is 0 Å². The number of rotatable bonds is 4. The Morgan fingerprint density at radius 2 is 2.39 bits per heavy atom. The Morgan fingerprint density at radius 1 is 1.48 bits per heavy atom. The molecule has 0 aliphatic carbocycles. The summed E-state index contributed by atoms with van der Waals surface area (Å²) in [5, 5.41) is 6.45. The molecule has 2 aromatic rings. The van der Waals surface area contributed by atoms with E-state index in [-0.39, 0.29) is 12.1 Å². The third-order valence-electron chi connectivity index (χ3n) is 3.78. The lowest BCUT2D eigenvalue weighted by Crippen LogP contribution is -2.39. The highest BCUT2D eigenvalue weighted by molar-refractivity contribution is 6.32. The summed E-state index contributed by atoms with van der Waals surface area (Å²) in [6.07, 6.45) is 6.99. The zero-order valence-electron chi connectivity index (χ0n) is 12.7. The van der Waals surface area contributed by atoms with E-state index in [1.54, 1.807) is 18.6 Å². The molecular formula is C16H19ClN4O2. The van der Waals surface area contributed by atoms with Crippen molar-refractivity contribution in [2.45, 2.75) is 25.4 Å². The molecule has 1 aromatic carbocycles. The minimum atomic E-state index is -0.192. The van der Waals surface area contributed by atoms with Gasteiger partial charge in [-0.15, -0.1) is 0 Å². The van der Waals surface area contributed by atoms with Crippen LogP contribution in [0.15, 0.2) is 36.9 Å². The number of hydrogen-bond acceptors (Lipinski definition) is 3. The third-order valence-corrected chi connectivity index (χ3v) is 4.07. The molecule has 1 atom stereocenters. The fourth-order valence-corrected chi connectivity index (χ4v) is 2.88. The maximum Gasteiger partial charge on any atom is 0.315 e. The highest BCUT2D eigenvalue weighted by Gasteiger charge is 2.22. The largest absolute Gasteiger partial charge is 0.492 e. The normalized spacial score (nSPS) is 16.8. The van der Waals surface area contributed by atoms with Crippen LogP contribution in [-0.2, 0) is 6.54 Å². The highest BCUT2D eigenvalue weighted by atomic mass is 35.5. The first-order chi connectivity index (χ1) is 11.2. The van der Waals surface area contributed by atoms with Crippen LogP contribution in [0.1, 0.15) is 24.4 Å². The lowest BCUT2D eigenvalue weighted by molar-refractivity contribution is 0.236. The Hall–Kier alpha value is -2.21. The zero-order valence-corrected chi connectivity index (χ0v) is 13.4. The van der Waals surface area contributed by atoms with Gasteiger partial charge in [0.1, 0.15) is 5.75 Å². The Kier molecular flexibility index (Phi) is 5.02. The van der Waals surface area contributed by atoms with E-state index in [0.29, 0.717) is 30.5 Å². The van der Waals surface area contributed by atoms with Crippen molar-refractivity contribution >= 4 is 17.6 Å². The van der Waals surface area contributed by atoms with Gasteiger partial charge < -0.3 is 19.9 Å². The Labute approximate surface area is 139 Å². The van der Waals surface area contributed by atoms with Crippen molar-refractivity contribution in [2.75, 3.05) is 13.2 Å². The number of carbonyl (C=O) groups is 1. The van der Waals surface area contributed by atoms with Crippen LogP contribution < -0.4 is 15.4 Å². The molecule has 2 amide bonds. The summed E-state index contributed by atoms with van der Waals surface area (Å²) in [5.41, 5.74) is 0.930. The summed E-state index contributed by atoms with van der Waals surface area (Å²) in [7, 11) is 0. The molecule has 0 saturated heterocycles. The monoisotopic (exact) mass is 334 g/mol. The molecule has 1 aliphatic rings. The van der Waals surface area contributed by atoms with Gasteiger partial charge in [0.2, 0.25) is 0 Å². The maximum atomic E-state index is 12.1. The van der Waals surface area contributed by atoms with Gasteiger partial charge in [0.15, 0.2) is 0 Å². The van der Waals surface area contributed by atoms with Crippen LogP contribution in [0.2, 0.25) is 5.02 Å². The second-order valence-corrected chi connectivity index (χ2v) is 5.81. The van der Waals surface area contributed by atoms with Crippen LogP contribution in [0.3, 0.4) is 0 Å². The first-order valence-corrected chi connectivity index (χ1v) is 8.03. The van der Waals surface area contributed by atoms with Gasteiger partial charge in [-0.2, -0.15) is 0 Å². The molecule has 0 fully saturated rings. The molecule has 2 heterocycles. The number of nitrogens with zero attached hydrogens (tertiary/aromatic N) is 2. The van der Waals surface area contributed by atoms with Gasteiger partial charge in [0, 0.05) is 31.0 Å². The molecule has 1 unspecified atom stereocenters. The van der Waals surface area contributed by atoms with E-state index in [0.717, 1.165) is 18.4 Å². The molecule has 0 saturated carbocycles. The van der Waals surface area contributed by atoms with E-state index < -0.39 is 0 Å². The van der Waals surface area contributed by atoms with Crippen molar-refractivity contribution in [3.05, 3.63) is 47.5 Å². The minimum absolute atomic E-state index is 0.0977. The predicted octanol–water partition coefficient (Wildman–Crippen LogP) is 2.75. The van der Waals surface area contributed by atoms with Gasteiger partial charge in [-0.1, -0.05) is 23.7 Å². The number of imidazole rings is 1. The van der Waals surface area contributed by atoms with Crippen LogP contribution in [-0.4, -0.2) is 28.7 Å². The number of halogens is 1. The van der Waals surface area contributed by atoms with Gasteiger partial charge in [0.25, 0.3) is 0 Å². The SMILES string of the molecule is O=C(NCCn1ccnc1)NC1CCCOc2c(Cl)cccc21. The predicted molar refractivity (Wildman–Crippen MR) is 87.7 cm³/mol. The van der Waals surface area contributed by atoms with Gasteiger partial charge >= 0.3 is 6.03 Å². The maximum absolute atomic E-state index is 12.1. The minimum Gasteiger partial charge on any atom is -0.492 e. The molecule has 23 heavy (non-hydrogen) atoms. The average Bonchev–Trinajstić information content (AvgIpc) is 2.96. The van der Waals surface area contributed by atoms with Crippen LogP contribution in [0, 0.1) is 0 Å². The number of nitrogens with one attached hydrogen (secondary N) is 2. The highest BCUT2D eigenvalue weighted by Crippen LogP contribution is 2.36. The Morgan fingerprint density at radius 3 is 3.22 bits per heavy atom. The Balaban J connectivity index is 1.59. The topological polar surface area (TPSA) is 68.2 Å². The van der Waals surface area contributed by atoms with Gasteiger partial charge in [-0.05, 0) is 18.9 Å². The quantitative estimate of drug-likeness (QED) is 0.903. The van der Waals surface area contributed by atoms with E-state index >= 15 is 0 Å². The van der Waals surface area contributed by atoms with Crippen molar-refractivity contribution in [1.29, 1.82) is 0 Å². The molecule has 0 spiro atoms. The standard InChI is InChI=1S/C16H19ClN4O2/c17-13-4-1-3-12-14(5-2-10-23-15(12)13)20-16(22)19-7-9-21-8-6-18-11-21/h1,3-4,6,8,11,14H,2,5,7,9-10H2,(H2,19,20,22). The summed E-state index contributed by atoms with van der Waals surface area (Å²) in [5.74, 6) is 0.676. The molecule has 122 valence electrons. The van der Waals surface area contributed by atoms with E-state index in [9.17, 15) is 4.79 Å². The number of fused-ring (bicyclic) bond motifs is 1. The van der Waals surface area contributed by atoms with Crippen LogP contribution in [0.4, 0.5) is 4.79 Å².